The van der Waals surface area contributed by atoms with Crippen molar-refractivity contribution in [3.8, 4) is 22.3 Å². The van der Waals surface area contributed by atoms with Gasteiger partial charge in [0.25, 0.3) is 0 Å². The van der Waals surface area contributed by atoms with Crippen LogP contribution in [0.1, 0.15) is 128 Å². The molecule has 0 saturated carbocycles. The molecule has 2 nitrogen and oxygen atoms in total. The number of hydrogen-bond acceptors (Lipinski definition) is 2. The zero-order valence-corrected chi connectivity index (χ0v) is 43.7. The Bertz CT molecular complexity index is 3690. The molecule has 0 aliphatic carbocycles. The van der Waals surface area contributed by atoms with Gasteiger partial charge in [-0.1, -0.05) is 204 Å². The molecule has 0 aromatic heterocycles. The van der Waals surface area contributed by atoms with Crippen molar-refractivity contribution in [2.24, 2.45) is 0 Å². The molecule has 352 valence electrons. The molecule has 2 heterocycles. The van der Waals surface area contributed by atoms with Gasteiger partial charge in [-0.3, -0.25) is 0 Å². The van der Waals surface area contributed by atoms with E-state index in [0.717, 1.165) is 0 Å². The number of anilines is 6. The Morgan fingerprint density at radius 3 is 1.25 bits per heavy atom. The van der Waals surface area contributed by atoms with Crippen LogP contribution in [0.2, 0.25) is 0 Å². The maximum Gasteiger partial charge on any atom is 0.0540 e. The molecule has 0 radical (unpaired) electrons. The van der Waals surface area contributed by atoms with Crippen LogP contribution in [-0.2, 0) is 21.7 Å². The summed E-state index contributed by atoms with van der Waals surface area (Å²) in [6.45, 7) is 28.3. The zero-order valence-electron chi connectivity index (χ0n) is 43.7. The fourth-order valence-corrected chi connectivity index (χ4v) is 11.8. The van der Waals surface area contributed by atoms with Crippen molar-refractivity contribution in [2.75, 3.05) is 9.80 Å². The first-order valence-corrected chi connectivity index (χ1v) is 25.8. The number of fused-ring (bicyclic) bond motifs is 4. The molecule has 0 spiro atoms. The van der Waals surface area contributed by atoms with Gasteiger partial charge in [0.15, 0.2) is 0 Å². The average Bonchev–Trinajstić information content (AvgIpc) is 3.34. The monoisotopic (exact) mass is 923 g/mol. The summed E-state index contributed by atoms with van der Waals surface area (Å²) in [4.78, 5) is 5.28. The van der Waals surface area contributed by atoms with Crippen molar-refractivity contribution in [3.05, 3.63) is 215 Å². The second kappa shape index (κ2) is 15.7. The van der Waals surface area contributed by atoms with Crippen LogP contribution < -0.4 is 9.80 Å². The van der Waals surface area contributed by atoms with Crippen molar-refractivity contribution in [1.82, 2.24) is 0 Å². The highest BCUT2D eigenvalue weighted by Gasteiger charge is 2.44. The summed E-state index contributed by atoms with van der Waals surface area (Å²) >= 11 is 0. The summed E-state index contributed by atoms with van der Waals surface area (Å²) in [7, 11) is 0. The second-order valence-corrected chi connectivity index (χ2v) is 24.7. The number of benzene rings is 10. The van der Waals surface area contributed by atoms with Crippen LogP contribution in [0.4, 0.5) is 34.1 Å². The Labute approximate surface area is 422 Å². The van der Waals surface area contributed by atoms with E-state index in [1.807, 2.05) is 0 Å². The molecule has 2 aliphatic heterocycles. The minimum Gasteiger partial charge on any atom is -0.309 e. The van der Waals surface area contributed by atoms with Crippen LogP contribution in [0.3, 0.4) is 0 Å². The molecule has 0 amide bonds. The number of hydrogen-bond donors (Lipinski definition) is 0. The maximum atomic E-state index is 2.66. The van der Waals surface area contributed by atoms with Crippen molar-refractivity contribution < 1.29 is 0 Å². The molecule has 1 unspecified atom stereocenters. The minimum atomic E-state index is -0.155. The summed E-state index contributed by atoms with van der Waals surface area (Å²) in [5.74, 6) is -0.0185. The van der Waals surface area contributed by atoms with Gasteiger partial charge in [0.2, 0.25) is 0 Å². The average molecular weight is 923 g/mol. The van der Waals surface area contributed by atoms with E-state index in [4.69, 9.17) is 0 Å². The van der Waals surface area contributed by atoms with Gasteiger partial charge in [0.05, 0.1) is 34.1 Å². The topological polar surface area (TPSA) is 6.48 Å². The number of nitrogens with zero attached hydrogens (tertiary/aromatic N) is 2. The highest BCUT2D eigenvalue weighted by Crippen LogP contribution is 2.63. The number of para-hydroxylation sites is 1. The predicted octanol–water partition coefficient (Wildman–Crippen LogP) is 19.9. The van der Waals surface area contributed by atoms with Crippen LogP contribution in [-0.4, -0.2) is 0 Å². The Balaban J connectivity index is 1.21. The molecule has 0 saturated heterocycles. The van der Waals surface area contributed by atoms with Gasteiger partial charge in [0, 0.05) is 22.6 Å². The van der Waals surface area contributed by atoms with Gasteiger partial charge < -0.3 is 9.80 Å². The van der Waals surface area contributed by atoms with Gasteiger partial charge >= 0.3 is 0 Å². The molecule has 0 N–H and O–H groups in total. The lowest BCUT2D eigenvalue weighted by Gasteiger charge is -2.47. The lowest BCUT2D eigenvalue weighted by atomic mass is 9.71. The van der Waals surface area contributed by atoms with Crippen molar-refractivity contribution >= 4 is 66.4 Å². The normalized spacial score (nSPS) is 14.8. The minimum absolute atomic E-state index is 0.0185. The van der Waals surface area contributed by atoms with Gasteiger partial charge in [-0.2, -0.15) is 0 Å². The molecule has 2 aliphatic rings. The van der Waals surface area contributed by atoms with Gasteiger partial charge in [0.1, 0.15) is 0 Å². The molecule has 12 rings (SSSR count). The maximum absolute atomic E-state index is 2.66. The third-order valence-electron chi connectivity index (χ3n) is 15.8. The Morgan fingerprint density at radius 2 is 0.732 bits per heavy atom. The first-order chi connectivity index (χ1) is 33.7. The van der Waals surface area contributed by atoms with Crippen LogP contribution in [0.25, 0.3) is 54.6 Å². The van der Waals surface area contributed by atoms with E-state index >= 15 is 0 Å². The molecule has 10 aromatic carbocycles. The van der Waals surface area contributed by atoms with E-state index < -0.39 is 0 Å². The lowest BCUT2D eigenvalue weighted by molar-refractivity contribution is 0.586. The Kier molecular flexibility index (Phi) is 9.93. The van der Waals surface area contributed by atoms with Crippen LogP contribution in [0.15, 0.2) is 176 Å². The second-order valence-electron chi connectivity index (χ2n) is 24.7. The highest BCUT2D eigenvalue weighted by molar-refractivity contribution is 6.24. The van der Waals surface area contributed by atoms with Gasteiger partial charge in [-0.15, -0.1) is 0 Å². The summed E-state index contributed by atoms with van der Waals surface area (Å²) in [6.07, 6.45) is 0. The van der Waals surface area contributed by atoms with E-state index in [-0.39, 0.29) is 27.6 Å². The van der Waals surface area contributed by atoms with E-state index in [1.54, 1.807) is 0 Å². The van der Waals surface area contributed by atoms with Crippen molar-refractivity contribution in [2.45, 2.75) is 111 Å². The van der Waals surface area contributed by atoms with Crippen LogP contribution in [0, 0.1) is 0 Å². The first kappa shape index (κ1) is 45.0. The lowest BCUT2D eigenvalue weighted by Crippen LogP contribution is -2.31. The third kappa shape index (κ3) is 7.27. The SMILES string of the molecule is CC(C)(C)c1ccc(N2c3ccc(C(C)(C)C)cc3C3c4cc(C(C)(C)C)ccc4N(c4ccccc4-c4ccccc4)c4cc(C(C)(C)C)cc2c43)c(-c2cc3ccc4cccc5ccc(c2)c3c45)c1. The van der Waals surface area contributed by atoms with Crippen molar-refractivity contribution in [1.29, 1.82) is 0 Å². The fourth-order valence-electron chi connectivity index (χ4n) is 11.8. The summed E-state index contributed by atoms with van der Waals surface area (Å²) < 4.78 is 0. The van der Waals surface area contributed by atoms with E-state index in [0.29, 0.717) is 0 Å². The molecular formula is C69H66N2. The molecule has 0 bridgehead atoms. The summed E-state index contributed by atoms with van der Waals surface area (Å²) in [6, 6.07) is 68.1. The molecule has 71 heavy (non-hydrogen) atoms. The van der Waals surface area contributed by atoms with E-state index in [1.165, 1.54) is 128 Å². The Hall–Kier alpha value is -7.16. The van der Waals surface area contributed by atoms with E-state index in [2.05, 4.69) is 269 Å². The summed E-state index contributed by atoms with van der Waals surface area (Å²) in [5, 5.41) is 7.82. The van der Waals surface area contributed by atoms with Crippen LogP contribution in [0.5, 0.6) is 0 Å². The molecule has 1 atom stereocenters. The fraction of sp³-hybridized carbons (Fsp3) is 0.246. The van der Waals surface area contributed by atoms with Gasteiger partial charge in [-0.05, 0) is 153 Å². The van der Waals surface area contributed by atoms with Crippen molar-refractivity contribution in [3.63, 3.8) is 0 Å². The molecule has 2 heteroatoms. The molecule has 10 aromatic rings. The third-order valence-corrected chi connectivity index (χ3v) is 15.8. The number of rotatable bonds is 4. The zero-order chi connectivity index (χ0) is 49.5. The Morgan fingerprint density at radius 1 is 0.296 bits per heavy atom. The molecule has 0 fully saturated rings. The molecular weight excluding hydrogens is 857 g/mol. The van der Waals surface area contributed by atoms with Gasteiger partial charge in [-0.25, -0.2) is 0 Å². The van der Waals surface area contributed by atoms with E-state index in [9.17, 15) is 0 Å². The largest absolute Gasteiger partial charge is 0.309 e. The smallest absolute Gasteiger partial charge is 0.0540 e. The highest BCUT2D eigenvalue weighted by atomic mass is 15.2. The quantitative estimate of drug-likeness (QED) is 0.162. The summed E-state index contributed by atoms with van der Waals surface area (Å²) in [5.41, 5.74) is 21.2. The predicted molar refractivity (Wildman–Crippen MR) is 306 cm³/mol. The van der Waals surface area contributed by atoms with Crippen LogP contribution >= 0.6 is 0 Å². The standard InChI is InChI=1S/C69H66N2/c1-66(2,3)48-29-32-57(53(37-48)47-35-45-27-25-43-21-18-22-44-26-28-46(36-47)63(45)62(43)44)71-59-34-31-50(68(7,8)9)39-55(59)64-54-38-49(67(4,5)6)30-33-58(54)70(60-40-51(69(10,11)12)41-61(71)65(60)64)56-24-17-16-23-52(56)42-19-14-13-15-20-42/h13-41,64H,1-12H3. The first-order valence-electron chi connectivity index (χ1n) is 25.8.